The van der Waals surface area contributed by atoms with Crippen molar-refractivity contribution >= 4 is 11.8 Å². The third kappa shape index (κ3) is 2.95. The Morgan fingerprint density at radius 1 is 1.09 bits per heavy atom. The molecule has 0 spiro atoms. The number of carbonyl (C=O) groups excluding carboxylic acids is 2. The number of carbonyl (C=O) groups is 2. The highest BCUT2D eigenvalue weighted by Gasteiger charge is 2.62. The van der Waals surface area contributed by atoms with Crippen LogP contribution in [0.1, 0.15) is 57.8 Å². The minimum Gasteiger partial charge on any atom is -0.383 e. The van der Waals surface area contributed by atoms with Gasteiger partial charge in [0.25, 0.3) is 5.91 Å². The van der Waals surface area contributed by atoms with Crippen molar-refractivity contribution in [2.45, 2.75) is 74.8 Å². The number of alkyl halides is 2. The Hall–Kier alpha value is -1.24. The standard InChI is InChI=1S/C16H24F2N2O3/c17-16(18,15(23)8-3-9-15)13(22)20-14(6-1-2-7-14)12(21)19-10-11-4-5-11/h11,23H,1-10H2,(H,19,21)(H,20,22). The van der Waals surface area contributed by atoms with Crippen molar-refractivity contribution in [3.05, 3.63) is 0 Å². The quantitative estimate of drug-likeness (QED) is 0.690. The molecule has 3 rings (SSSR count). The van der Waals surface area contributed by atoms with Crippen molar-refractivity contribution in [1.82, 2.24) is 10.6 Å². The van der Waals surface area contributed by atoms with Crippen molar-refractivity contribution in [3.63, 3.8) is 0 Å². The van der Waals surface area contributed by atoms with E-state index < -0.39 is 23.0 Å². The van der Waals surface area contributed by atoms with Crippen molar-refractivity contribution < 1.29 is 23.5 Å². The largest absolute Gasteiger partial charge is 0.383 e. The molecule has 3 aliphatic rings. The Labute approximate surface area is 134 Å². The molecule has 130 valence electrons. The zero-order valence-electron chi connectivity index (χ0n) is 13.2. The average Bonchev–Trinajstić information content (AvgIpc) is 3.19. The first-order chi connectivity index (χ1) is 10.8. The van der Waals surface area contributed by atoms with Crippen LogP contribution in [0.4, 0.5) is 8.78 Å². The molecule has 0 bridgehead atoms. The van der Waals surface area contributed by atoms with Gasteiger partial charge in [-0.15, -0.1) is 0 Å². The summed E-state index contributed by atoms with van der Waals surface area (Å²) in [6, 6.07) is 0. The third-order valence-electron chi connectivity index (χ3n) is 5.54. The van der Waals surface area contributed by atoms with Crippen molar-refractivity contribution in [2.24, 2.45) is 5.92 Å². The van der Waals surface area contributed by atoms with Crippen LogP contribution in [0.3, 0.4) is 0 Å². The molecule has 0 aromatic rings. The van der Waals surface area contributed by atoms with Gasteiger partial charge in [-0.2, -0.15) is 8.78 Å². The lowest BCUT2D eigenvalue weighted by Gasteiger charge is -2.42. The summed E-state index contributed by atoms with van der Waals surface area (Å²) in [5, 5.41) is 15.0. The predicted octanol–water partition coefficient (Wildman–Crippen LogP) is 1.49. The fourth-order valence-electron chi connectivity index (χ4n) is 3.45. The van der Waals surface area contributed by atoms with Gasteiger partial charge >= 0.3 is 5.92 Å². The lowest BCUT2D eigenvalue weighted by atomic mass is 9.75. The third-order valence-corrected chi connectivity index (χ3v) is 5.54. The van der Waals surface area contributed by atoms with E-state index in [9.17, 15) is 23.5 Å². The van der Waals surface area contributed by atoms with Gasteiger partial charge in [0, 0.05) is 6.54 Å². The molecular weight excluding hydrogens is 306 g/mol. The maximum Gasteiger partial charge on any atom is 0.352 e. The van der Waals surface area contributed by atoms with E-state index in [0.717, 1.165) is 12.8 Å². The molecule has 0 unspecified atom stereocenters. The number of aliphatic hydroxyl groups is 1. The number of hydrogen-bond acceptors (Lipinski definition) is 3. The summed E-state index contributed by atoms with van der Waals surface area (Å²) in [4.78, 5) is 24.6. The first-order valence-electron chi connectivity index (χ1n) is 8.50. The van der Waals surface area contributed by atoms with Gasteiger partial charge in [-0.3, -0.25) is 9.59 Å². The van der Waals surface area contributed by atoms with Crippen LogP contribution in [-0.2, 0) is 9.59 Å². The van der Waals surface area contributed by atoms with Gasteiger partial charge in [0.15, 0.2) is 0 Å². The molecule has 3 saturated carbocycles. The van der Waals surface area contributed by atoms with Crippen LogP contribution in [-0.4, -0.2) is 40.5 Å². The molecule has 0 atom stereocenters. The molecule has 0 aliphatic heterocycles. The highest BCUT2D eigenvalue weighted by atomic mass is 19.3. The molecule has 5 nitrogen and oxygen atoms in total. The van der Waals surface area contributed by atoms with E-state index in [1.165, 1.54) is 0 Å². The van der Waals surface area contributed by atoms with E-state index >= 15 is 0 Å². The Morgan fingerprint density at radius 2 is 1.70 bits per heavy atom. The first-order valence-corrected chi connectivity index (χ1v) is 8.50. The van der Waals surface area contributed by atoms with E-state index in [4.69, 9.17) is 0 Å². The molecular formula is C16H24F2N2O3. The number of amides is 2. The summed E-state index contributed by atoms with van der Waals surface area (Å²) in [6.07, 6.45) is 4.61. The Balaban J connectivity index is 1.68. The van der Waals surface area contributed by atoms with Crippen LogP contribution < -0.4 is 10.6 Å². The maximum atomic E-state index is 14.3. The van der Waals surface area contributed by atoms with Gasteiger partial charge in [-0.25, -0.2) is 0 Å². The second-order valence-corrected chi connectivity index (χ2v) is 7.36. The van der Waals surface area contributed by atoms with E-state index in [-0.39, 0.29) is 18.7 Å². The highest BCUT2D eigenvalue weighted by Crippen LogP contribution is 2.45. The smallest absolute Gasteiger partial charge is 0.352 e. The van der Waals surface area contributed by atoms with Gasteiger partial charge in [0.05, 0.1) is 0 Å². The molecule has 23 heavy (non-hydrogen) atoms. The number of halogens is 2. The molecule has 3 N–H and O–H groups in total. The van der Waals surface area contributed by atoms with Gasteiger partial charge in [0.2, 0.25) is 5.91 Å². The van der Waals surface area contributed by atoms with E-state index in [1.807, 2.05) is 0 Å². The minimum absolute atomic E-state index is 0.0890. The number of rotatable bonds is 6. The number of nitrogens with one attached hydrogen (secondary N) is 2. The molecule has 0 aromatic carbocycles. The molecule has 3 aliphatic carbocycles. The van der Waals surface area contributed by atoms with E-state index in [2.05, 4.69) is 10.6 Å². The SMILES string of the molecule is O=C(NCC1CC1)C1(NC(=O)C(F)(F)C2(O)CCC2)CCCC1. The Kier molecular flexibility index (Phi) is 4.11. The second kappa shape index (κ2) is 5.69. The fourth-order valence-corrected chi connectivity index (χ4v) is 3.45. The summed E-state index contributed by atoms with van der Waals surface area (Å²) < 4.78 is 28.5. The summed E-state index contributed by atoms with van der Waals surface area (Å²) in [5.74, 6) is -5.28. The topological polar surface area (TPSA) is 78.4 Å². The van der Waals surface area contributed by atoms with Gasteiger partial charge in [-0.1, -0.05) is 12.8 Å². The molecule has 2 amide bonds. The molecule has 3 fully saturated rings. The van der Waals surface area contributed by atoms with E-state index in [0.29, 0.717) is 44.6 Å². The van der Waals surface area contributed by atoms with Crippen LogP contribution in [0.2, 0.25) is 0 Å². The van der Waals surface area contributed by atoms with Crippen molar-refractivity contribution in [2.75, 3.05) is 6.54 Å². The van der Waals surface area contributed by atoms with Crippen LogP contribution in [0.15, 0.2) is 0 Å². The number of hydrogen-bond donors (Lipinski definition) is 3. The maximum absolute atomic E-state index is 14.3. The van der Waals surface area contributed by atoms with Gasteiger partial charge < -0.3 is 15.7 Å². The lowest BCUT2D eigenvalue weighted by Crippen LogP contribution is -2.66. The van der Waals surface area contributed by atoms with Crippen LogP contribution in [0.5, 0.6) is 0 Å². The minimum atomic E-state index is -3.86. The zero-order valence-corrected chi connectivity index (χ0v) is 13.2. The average molecular weight is 330 g/mol. The zero-order chi connectivity index (χ0) is 16.7. The summed E-state index contributed by atoms with van der Waals surface area (Å²) in [7, 11) is 0. The Bertz CT molecular complexity index is 496. The molecule has 0 saturated heterocycles. The van der Waals surface area contributed by atoms with Crippen LogP contribution >= 0.6 is 0 Å². The van der Waals surface area contributed by atoms with Gasteiger partial charge in [0.1, 0.15) is 11.1 Å². The Morgan fingerprint density at radius 3 is 2.17 bits per heavy atom. The summed E-state index contributed by atoms with van der Waals surface area (Å²) in [6.45, 7) is 0.538. The first kappa shape index (κ1) is 16.6. The second-order valence-electron chi connectivity index (χ2n) is 7.36. The molecule has 0 aromatic heterocycles. The van der Waals surface area contributed by atoms with Crippen LogP contribution in [0.25, 0.3) is 0 Å². The monoisotopic (exact) mass is 330 g/mol. The highest BCUT2D eigenvalue weighted by molar-refractivity contribution is 5.94. The van der Waals surface area contributed by atoms with Gasteiger partial charge in [-0.05, 0) is 50.9 Å². The van der Waals surface area contributed by atoms with Crippen LogP contribution in [0, 0.1) is 5.92 Å². The van der Waals surface area contributed by atoms with Crippen molar-refractivity contribution in [1.29, 1.82) is 0 Å². The molecule has 0 heterocycles. The van der Waals surface area contributed by atoms with Crippen molar-refractivity contribution in [3.8, 4) is 0 Å². The fraction of sp³-hybridized carbons (Fsp3) is 0.875. The van der Waals surface area contributed by atoms with E-state index in [1.54, 1.807) is 0 Å². The summed E-state index contributed by atoms with van der Waals surface area (Å²) >= 11 is 0. The molecule has 7 heteroatoms. The molecule has 0 radical (unpaired) electrons. The summed E-state index contributed by atoms with van der Waals surface area (Å²) in [5.41, 5.74) is -3.52. The predicted molar refractivity (Wildman–Crippen MR) is 78.8 cm³/mol. The lowest BCUT2D eigenvalue weighted by molar-refractivity contribution is -0.217. The normalized spacial score (nSPS) is 25.5.